The summed E-state index contributed by atoms with van der Waals surface area (Å²) in [7, 11) is 0. The molecule has 0 aliphatic carbocycles. The molecule has 3 aromatic rings. The Morgan fingerprint density at radius 3 is 1.36 bits per heavy atom. The summed E-state index contributed by atoms with van der Waals surface area (Å²) in [6.07, 6.45) is 1.98. The lowest BCUT2D eigenvalue weighted by Gasteiger charge is -2.22. The standard InChI is InChI=1S/C23H25NO/c1-4-10-21(11-5-1)16-18-24(19-17-22-12-6-2-7-13-22)25-20-23-14-8-3-9-15-23/h1-15H,16-20H2. The third kappa shape index (κ3) is 6.18. The predicted molar refractivity (Wildman–Crippen MR) is 103 cm³/mol. The van der Waals surface area contributed by atoms with Gasteiger partial charge in [-0.25, -0.2) is 0 Å². The van der Waals surface area contributed by atoms with Crippen molar-refractivity contribution in [3.63, 3.8) is 0 Å². The van der Waals surface area contributed by atoms with Gasteiger partial charge in [0.1, 0.15) is 0 Å². The first kappa shape index (κ1) is 17.4. The Labute approximate surface area is 150 Å². The lowest BCUT2D eigenvalue weighted by atomic mass is 10.1. The quantitative estimate of drug-likeness (QED) is 0.517. The van der Waals surface area contributed by atoms with Crippen molar-refractivity contribution >= 4 is 0 Å². The molecule has 0 spiro atoms. The number of benzene rings is 3. The van der Waals surface area contributed by atoms with Crippen molar-refractivity contribution in [2.24, 2.45) is 0 Å². The lowest BCUT2D eigenvalue weighted by molar-refractivity contribution is -0.168. The Morgan fingerprint density at radius 2 is 0.920 bits per heavy atom. The molecule has 0 fully saturated rings. The van der Waals surface area contributed by atoms with Crippen molar-refractivity contribution in [2.45, 2.75) is 19.4 Å². The maximum atomic E-state index is 6.10. The van der Waals surface area contributed by atoms with Crippen LogP contribution < -0.4 is 0 Å². The summed E-state index contributed by atoms with van der Waals surface area (Å²) < 4.78 is 0. The molecule has 0 aromatic heterocycles. The molecule has 0 bridgehead atoms. The van der Waals surface area contributed by atoms with Crippen LogP contribution in [0.15, 0.2) is 91.0 Å². The van der Waals surface area contributed by atoms with Crippen LogP contribution in [0.4, 0.5) is 0 Å². The summed E-state index contributed by atoms with van der Waals surface area (Å²) in [5.74, 6) is 0. The van der Waals surface area contributed by atoms with Crippen LogP contribution in [0, 0.1) is 0 Å². The largest absolute Gasteiger partial charge is 0.294 e. The summed E-state index contributed by atoms with van der Waals surface area (Å²) >= 11 is 0. The van der Waals surface area contributed by atoms with Gasteiger partial charge in [-0.2, -0.15) is 5.06 Å². The van der Waals surface area contributed by atoms with Crippen LogP contribution in [0.1, 0.15) is 16.7 Å². The highest BCUT2D eigenvalue weighted by Gasteiger charge is 2.07. The number of hydrogen-bond donors (Lipinski definition) is 0. The molecule has 0 aliphatic heterocycles. The number of hydroxylamine groups is 2. The fraction of sp³-hybridized carbons (Fsp3) is 0.217. The van der Waals surface area contributed by atoms with Crippen LogP contribution in [0.5, 0.6) is 0 Å². The van der Waals surface area contributed by atoms with Gasteiger partial charge in [-0.15, -0.1) is 0 Å². The van der Waals surface area contributed by atoms with Gasteiger partial charge in [-0.3, -0.25) is 4.84 Å². The minimum atomic E-state index is 0.615. The Morgan fingerprint density at radius 1 is 0.520 bits per heavy atom. The maximum absolute atomic E-state index is 6.10. The summed E-state index contributed by atoms with van der Waals surface area (Å²) in [6.45, 7) is 2.40. The van der Waals surface area contributed by atoms with Crippen molar-refractivity contribution in [1.29, 1.82) is 0 Å². The molecular weight excluding hydrogens is 306 g/mol. The molecular formula is C23H25NO. The van der Waals surface area contributed by atoms with Crippen LogP contribution in [0.3, 0.4) is 0 Å². The summed E-state index contributed by atoms with van der Waals surface area (Å²) in [5.41, 5.74) is 3.89. The number of hydrogen-bond acceptors (Lipinski definition) is 2. The van der Waals surface area contributed by atoms with Crippen LogP contribution >= 0.6 is 0 Å². The van der Waals surface area contributed by atoms with Gasteiger partial charge in [0, 0.05) is 13.1 Å². The minimum Gasteiger partial charge on any atom is -0.294 e. The normalized spacial score (nSPS) is 10.9. The van der Waals surface area contributed by atoms with E-state index in [0.29, 0.717) is 6.61 Å². The zero-order chi connectivity index (χ0) is 17.2. The molecule has 0 N–H and O–H groups in total. The van der Waals surface area contributed by atoms with Gasteiger partial charge < -0.3 is 0 Å². The van der Waals surface area contributed by atoms with E-state index in [1.807, 2.05) is 6.07 Å². The van der Waals surface area contributed by atoms with Gasteiger partial charge in [0.05, 0.1) is 6.61 Å². The summed E-state index contributed by atoms with van der Waals surface area (Å²) in [5, 5.41) is 2.10. The van der Waals surface area contributed by atoms with Gasteiger partial charge in [0.25, 0.3) is 0 Å². The van der Waals surface area contributed by atoms with E-state index in [9.17, 15) is 0 Å². The highest BCUT2D eigenvalue weighted by atomic mass is 16.7. The van der Waals surface area contributed by atoms with Gasteiger partial charge in [-0.05, 0) is 29.5 Å². The molecule has 2 nitrogen and oxygen atoms in total. The molecule has 25 heavy (non-hydrogen) atoms. The fourth-order valence-corrected chi connectivity index (χ4v) is 2.78. The Hall–Kier alpha value is -2.42. The first-order valence-corrected chi connectivity index (χ1v) is 8.90. The highest BCUT2D eigenvalue weighted by Crippen LogP contribution is 2.08. The van der Waals surface area contributed by atoms with Crippen molar-refractivity contribution in [3.8, 4) is 0 Å². The molecule has 0 heterocycles. The van der Waals surface area contributed by atoms with Crippen LogP contribution in [-0.4, -0.2) is 18.2 Å². The van der Waals surface area contributed by atoms with E-state index >= 15 is 0 Å². The Balaban J connectivity index is 1.56. The fourth-order valence-electron chi connectivity index (χ4n) is 2.78. The predicted octanol–water partition coefficient (Wildman–Crippen LogP) is 4.91. The molecule has 2 heteroatoms. The summed E-state index contributed by atoms with van der Waals surface area (Å²) in [6, 6.07) is 31.5. The zero-order valence-electron chi connectivity index (χ0n) is 14.6. The van der Waals surface area contributed by atoms with Crippen molar-refractivity contribution < 1.29 is 4.84 Å². The number of rotatable bonds is 9. The van der Waals surface area contributed by atoms with E-state index in [1.165, 1.54) is 16.7 Å². The van der Waals surface area contributed by atoms with E-state index in [-0.39, 0.29) is 0 Å². The van der Waals surface area contributed by atoms with Gasteiger partial charge in [-0.1, -0.05) is 91.0 Å². The van der Waals surface area contributed by atoms with E-state index in [4.69, 9.17) is 4.84 Å². The van der Waals surface area contributed by atoms with Gasteiger partial charge >= 0.3 is 0 Å². The second-order valence-electron chi connectivity index (χ2n) is 6.16. The van der Waals surface area contributed by atoms with Crippen LogP contribution in [0.2, 0.25) is 0 Å². The van der Waals surface area contributed by atoms with Gasteiger partial charge in [0.15, 0.2) is 0 Å². The first-order chi connectivity index (χ1) is 12.4. The van der Waals surface area contributed by atoms with Crippen molar-refractivity contribution in [2.75, 3.05) is 13.1 Å². The second-order valence-corrected chi connectivity index (χ2v) is 6.16. The Kier molecular flexibility index (Phi) is 6.80. The van der Waals surface area contributed by atoms with Crippen molar-refractivity contribution in [3.05, 3.63) is 108 Å². The third-order valence-electron chi connectivity index (χ3n) is 4.24. The van der Waals surface area contributed by atoms with Crippen molar-refractivity contribution in [1.82, 2.24) is 5.06 Å². The van der Waals surface area contributed by atoms with E-state index in [0.717, 1.165) is 25.9 Å². The molecule has 0 radical (unpaired) electrons. The van der Waals surface area contributed by atoms with E-state index < -0.39 is 0 Å². The Bertz CT molecular complexity index is 609. The molecule has 0 amide bonds. The monoisotopic (exact) mass is 331 g/mol. The highest BCUT2D eigenvalue weighted by molar-refractivity contribution is 5.16. The topological polar surface area (TPSA) is 12.5 Å². The first-order valence-electron chi connectivity index (χ1n) is 8.90. The molecule has 3 aromatic carbocycles. The van der Waals surface area contributed by atoms with Crippen LogP contribution in [0.25, 0.3) is 0 Å². The molecule has 0 atom stereocenters. The smallest absolute Gasteiger partial charge is 0.0935 e. The minimum absolute atomic E-state index is 0.615. The lowest BCUT2D eigenvalue weighted by Crippen LogP contribution is -2.28. The summed E-state index contributed by atoms with van der Waals surface area (Å²) in [4.78, 5) is 6.10. The third-order valence-corrected chi connectivity index (χ3v) is 4.24. The van der Waals surface area contributed by atoms with Crippen LogP contribution in [-0.2, 0) is 24.3 Å². The van der Waals surface area contributed by atoms with Gasteiger partial charge in [0.2, 0.25) is 0 Å². The molecule has 0 saturated heterocycles. The SMILES string of the molecule is c1ccc(CCN(CCc2ccccc2)OCc2ccccc2)cc1. The molecule has 0 unspecified atom stereocenters. The molecule has 0 aliphatic rings. The van der Waals surface area contributed by atoms with E-state index in [2.05, 4.69) is 90.0 Å². The zero-order valence-corrected chi connectivity index (χ0v) is 14.6. The molecule has 128 valence electrons. The number of nitrogens with zero attached hydrogens (tertiary/aromatic N) is 1. The molecule has 0 saturated carbocycles. The maximum Gasteiger partial charge on any atom is 0.0935 e. The second kappa shape index (κ2) is 9.77. The molecule has 3 rings (SSSR count). The van der Waals surface area contributed by atoms with E-state index in [1.54, 1.807) is 0 Å². The average molecular weight is 331 g/mol. The average Bonchev–Trinajstić information content (AvgIpc) is 2.70.